The van der Waals surface area contributed by atoms with Crippen LogP contribution in [0.25, 0.3) is 0 Å². The highest BCUT2D eigenvalue weighted by Gasteiger charge is 2.31. The predicted molar refractivity (Wildman–Crippen MR) is 125 cm³/mol. The summed E-state index contributed by atoms with van der Waals surface area (Å²) < 4.78 is 47.1. The number of benzene rings is 2. The Kier molecular flexibility index (Phi) is 6.50. The van der Waals surface area contributed by atoms with E-state index >= 15 is 0 Å². The number of sulfonamides is 1. The van der Waals surface area contributed by atoms with Gasteiger partial charge in [0.15, 0.2) is 6.10 Å². The number of likely N-dealkylation sites (N-methyl/N-ethyl adjacent to an activating group) is 1. The summed E-state index contributed by atoms with van der Waals surface area (Å²) in [5.74, 6) is -0.681. The molecule has 1 atom stereocenters. The van der Waals surface area contributed by atoms with Gasteiger partial charge in [0.25, 0.3) is 5.91 Å². The molecule has 0 aromatic heterocycles. The van der Waals surface area contributed by atoms with E-state index in [2.05, 4.69) is 5.32 Å². The van der Waals surface area contributed by atoms with Crippen LogP contribution in [0, 0.1) is 12.7 Å². The first-order valence-electron chi connectivity index (χ1n) is 10.9. The quantitative estimate of drug-likeness (QED) is 0.687. The Bertz CT molecular complexity index is 1230. The fourth-order valence-electron chi connectivity index (χ4n) is 4.07. The van der Waals surface area contributed by atoms with Crippen molar-refractivity contribution in [3.05, 3.63) is 47.8 Å². The summed E-state index contributed by atoms with van der Waals surface area (Å²) in [5.41, 5.74) is 1.32. The Balaban J connectivity index is 1.43. The molecule has 2 amide bonds. The third-order valence-corrected chi connectivity index (χ3v) is 8.03. The molecular formula is C23H27FN4O5S. The number of aryl methyl sites for hydroxylation is 1. The van der Waals surface area contributed by atoms with Gasteiger partial charge in [-0.3, -0.25) is 9.59 Å². The molecule has 2 heterocycles. The van der Waals surface area contributed by atoms with E-state index in [1.807, 2.05) is 4.90 Å². The number of piperazine rings is 1. The van der Waals surface area contributed by atoms with E-state index in [9.17, 15) is 22.4 Å². The minimum Gasteiger partial charge on any atom is -0.479 e. The fraction of sp³-hybridized carbons (Fsp3) is 0.391. The first-order valence-corrected chi connectivity index (χ1v) is 12.4. The van der Waals surface area contributed by atoms with Gasteiger partial charge in [-0.05, 0) is 37.6 Å². The zero-order chi connectivity index (χ0) is 24.6. The number of hydrogen-bond acceptors (Lipinski definition) is 6. The molecule has 2 aromatic rings. The Morgan fingerprint density at radius 1 is 1.21 bits per heavy atom. The number of nitrogens with one attached hydrogen (secondary N) is 1. The van der Waals surface area contributed by atoms with Crippen LogP contribution < -0.4 is 15.0 Å². The SMILES string of the molecule is Cc1cc2c(cc1S(=O)(=O)N(C)CC(=O)N1CCN(c3ccccc3F)CC1)O[C@H](C)C(=O)N2. The van der Waals surface area contributed by atoms with Gasteiger partial charge in [-0.15, -0.1) is 0 Å². The van der Waals surface area contributed by atoms with E-state index < -0.39 is 16.1 Å². The van der Waals surface area contributed by atoms with Gasteiger partial charge in [-0.1, -0.05) is 12.1 Å². The van der Waals surface area contributed by atoms with Gasteiger partial charge in [-0.25, -0.2) is 12.8 Å². The van der Waals surface area contributed by atoms with Gasteiger partial charge >= 0.3 is 0 Å². The largest absolute Gasteiger partial charge is 0.479 e. The van der Waals surface area contributed by atoms with E-state index in [1.165, 1.54) is 19.2 Å². The lowest BCUT2D eigenvalue weighted by atomic mass is 10.1. The molecule has 34 heavy (non-hydrogen) atoms. The number of para-hydroxylation sites is 1. The lowest BCUT2D eigenvalue weighted by molar-refractivity contribution is -0.131. The van der Waals surface area contributed by atoms with Crippen molar-refractivity contribution in [2.45, 2.75) is 24.8 Å². The number of hydrogen-bond donors (Lipinski definition) is 1. The van der Waals surface area contributed by atoms with Gasteiger partial charge in [0.2, 0.25) is 15.9 Å². The Labute approximate surface area is 198 Å². The summed E-state index contributed by atoms with van der Waals surface area (Å²) in [6.45, 7) is 4.50. The lowest BCUT2D eigenvalue weighted by Gasteiger charge is -2.36. The van der Waals surface area contributed by atoms with Gasteiger partial charge in [-0.2, -0.15) is 4.31 Å². The van der Waals surface area contributed by atoms with Crippen LogP contribution in [0.1, 0.15) is 12.5 Å². The minimum absolute atomic E-state index is 0.00858. The van der Waals surface area contributed by atoms with Crippen LogP contribution in [0.15, 0.2) is 41.3 Å². The molecule has 1 N–H and O–H groups in total. The zero-order valence-corrected chi connectivity index (χ0v) is 20.1. The van der Waals surface area contributed by atoms with E-state index in [0.717, 1.165) is 4.31 Å². The summed E-state index contributed by atoms with van der Waals surface area (Å²) in [7, 11) is -2.64. The van der Waals surface area contributed by atoms with Crippen molar-refractivity contribution < 1.29 is 27.1 Å². The summed E-state index contributed by atoms with van der Waals surface area (Å²) in [6, 6.07) is 9.41. The molecule has 0 spiro atoms. The number of fused-ring (bicyclic) bond motifs is 1. The molecule has 4 rings (SSSR count). The maximum Gasteiger partial charge on any atom is 0.265 e. The summed E-state index contributed by atoms with van der Waals surface area (Å²) in [6.07, 6.45) is -0.743. The molecule has 2 aromatic carbocycles. The lowest BCUT2D eigenvalue weighted by Crippen LogP contribution is -2.51. The molecule has 1 saturated heterocycles. The molecule has 11 heteroatoms. The van der Waals surface area contributed by atoms with Crippen LogP contribution in [0.3, 0.4) is 0 Å². The van der Waals surface area contributed by atoms with Gasteiger partial charge in [0.05, 0.1) is 22.8 Å². The Hall–Kier alpha value is -3.18. The van der Waals surface area contributed by atoms with Gasteiger partial charge < -0.3 is 19.9 Å². The molecule has 0 unspecified atom stereocenters. The molecular weight excluding hydrogens is 463 g/mol. The van der Waals surface area contributed by atoms with Crippen molar-refractivity contribution in [3.8, 4) is 5.75 Å². The number of carbonyl (C=O) groups is 2. The van der Waals surface area contributed by atoms with Gasteiger partial charge in [0.1, 0.15) is 11.6 Å². The van der Waals surface area contributed by atoms with Crippen LogP contribution in [0.5, 0.6) is 5.75 Å². The van der Waals surface area contributed by atoms with Crippen molar-refractivity contribution in [3.63, 3.8) is 0 Å². The second kappa shape index (κ2) is 9.22. The van der Waals surface area contributed by atoms with Crippen LogP contribution in [0.4, 0.5) is 15.8 Å². The molecule has 2 aliphatic rings. The van der Waals surface area contributed by atoms with Crippen LogP contribution in [-0.2, 0) is 19.6 Å². The van der Waals surface area contributed by atoms with Crippen molar-refractivity contribution in [2.75, 3.05) is 50.0 Å². The predicted octanol–water partition coefficient (Wildman–Crippen LogP) is 1.82. The summed E-state index contributed by atoms with van der Waals surface area (Å²) in [4.78, 5) is 28.1. The third kappa shape index (κ3) is 4.58. The standard InChI is InChI=1S/C23H27FN4O5S/c1-15-12-18-20(33-16(2)23(30)25-18)13-21(15)34(31,32)26(3)14-22(29)28-10-8-27(9-11-28)19-7-5-4-6-17(19)24/h4-7,12-13,16H,8-11,14H2,1-3H3,(H,25,30)/t16-/m1/s1. The first-order chi connectivity index (χ1) is 16.1. The van der Waals surface area contributed by atoms with Crippen LogP contribution >= 0.6 is 0 Å². The topological polar surface area (TPSA) is 99.3 Å². The molecule has 2 aliphatic heterocycles. The summed E-state index contributed by atoms with van der Waals surface area (Å²) >= 11 is 0. The monoisotopic (exact) mass is 490 g/mol. The van der Waals surface area contributed by atoms with E-state index in [-0.39, 0.29) is 34.8 Å². The normalized spacial score (nSPS) is 18.4. The molecule has 0 bridgehead atoms. The molecule has 0 radical (unpaired) electrons. The number of carbonyl (C=O) groups excluding carboxylic acids is 2. The zero-order valence-electron chi connectivity index (χ0n) is 19.2. The van der Waals surface area contributed by atoms with Crippen molar-refractivity contribution in [1.82, 2.24) is 9.21 Å². The molecule has 182 valence electrons. The molecule has 0 saturated carbocycles. The van der Waals surface area contributed by atoms with E-state index in [4.69, 9.17) is 4.74 Å². The number of anilines is 2. The van der Waals surface area contributed by atoms with Crippen molar-refractivity contribution in [2.24, 2.45) is 0 Å². The summed E-state index contributed by atoms with van der Waals surface area (Å²) in [5, 5.41) is 2.69. The average molecular weight is 491 g/mol. The number of nitrogens with zero attached hydrogens (tertiary/aromatic N) is 3. The highest BCUT2D eigenvalue weighted by Crippen LogP contribution is 2.35. The van der Waals surface area contributed by atoms with E-state index in [0.29, 0.717) is 43.1 Å². The Morgan fingerprint density at radius 3 is 2.56 bits per heavy atom. The highest BCUT2D eigenvalue weighted by molar-refractivity contribution is 7.89. The van der Waals surface area contributed by atoms with Crippen molar-refractivity contribution >= 4 is 33.2 Å². The number of halogens is 1. The number of ether oxygens (including phenoxy) is 1. The molecule has 0 aliphatic carbocycles. The Morgan fingerprint density at radius 2 is 1.88 bits per heavy atom. The molecule has 9 nitrogen and oxygen atoms in total. The van der Waals surface area contributed by atoms with Crippen LogP contribution in [-0.4, -0.2) is 75.3 Å². The minimum atomic E-state index is -3.99. The second-order valence-electron chi connectivity index (χ2n) is 8.44. The fourth-order valence-corrected chi connectivity index (χ4v) is 5.41. The third-order valence-electron chi connectivity index (χ3n) is 6.08. The van der Waals surface area contributed by atoms with Crippen molar-refractivity contribution in [1.29, 1.82) is 0 Å². The average Bonchev–Trinajstić information content (AvgIpc) is 2.80. The van der Waals surface area contributed by atoms with E-state index in [1.54, 1.807) is 43.0 Å². The first kappa shape index (κ1) is 24.0. The maximum absolute atomic E-state index is 14.0. The van der Waals surface area contributed by atoms with Crippen LogP contribution in [0.2, 0.25) is 0 Å². The second-order valence-corrected chi connectivity index (χ2v) is 10.5. The number of amides is 2. The molecule has 1 fully saturated rings. The number of rotatable bonds is 5. The van der Waals surface area contributed by atoms with Gasteiger partial charge in [0, 0.05) is 39.3 Å². The highest BCUT2D eigenvalue weighted by atomic mass is 32.2. The maximum atomic E-state index is 14.0. The smallest absolute Gasteiger partial charge is 0.265 e.